The Balaban J connectivity index is 0.00000176. The molecule has 7 heteroatoms. The van der Waals surface area contributed by atoms with Crippen LogP contribution in [0.2, 0.25) is 0 Å². The number of methoxy groups -OCH3 is 1. The summed E-state index contributed by atoms with van der Waals surface area (Å²) in [6.07, 6.45) is 2.27. The molecule has 3 rings (SSSR count). The Hall–Kier alpha value is -1.66. The van der Waals surface area contributed by atoms with E-state index < -0.39 is 0 Å². The van der Waals surface area contributed by atoms with Gasteiger partial charge in [0.25, 0.3) is 5.91 Å². The summed E-state index contributed by atoms with van der Waals surface area (Å²) in [5.41, 5.74) is 0.522. The average molecular weight is 329 g/mol. The van der Waals surface area contributed by atoms with Gasteiger partial charge in [0.15, 0.2) is 11.5 Å². The van der Waals surface area contributed by atoms with Crippen molar-refractivity contribution in [1.82, 2.24) is 10.6 Å². The van der Waals surface area contributed by atoms with E-state index in [0.29, 0.717) is 48.6 Å². The summed E-state index contributed by atoms with van der Waals surface area (Å²) in [5, 5.41) is 6.30. The molecule has 2 aliphatic rings. The van der Waals surface area contributed by atoms with Crippen LogP contribution in [0.3, 0.4) is 0 Å². The molecular formula is C15H21ClN2O4. The molecule has 2 heterocycles. The molecule has 0 saturated carbocycles. The van der Waals surface area contributed by atoms with Crippen molar-refractivity contribution in [3.63, 3.8) is 0 Å². The van der Waals surface area contributed by atoms with Gasteiger partial charge < -0.3 is 24.8 Å². The lowest BCUT2D eigenvalue weighted by Crippen LogP contribution is -2.37. The molecule has 1 saturated heterocycles. The van der Waals surface area contributed by atoms with Gasteiger partial charge in [-0.3, -0.25) is 4.79 Å². The van der Waals surface area contributed by atoms with Crippen LogP contribution in [0.1, 0.15) is 23.2 Å². The highest BCUT2D eigenvalue weighted by atomic mass is 35.5. The fraction of sp³-hybridized carbons (Fsp3) is 0.533. The molecule has 1 aromatic rings. The Labute approximate surface area is 135 Å². The van der Waals surface area contributed by atoms with E-state index in [4.69, 9.17) is 14.2 Å². The number of halogens is 1. The predicted octanol–water partition coefficient (Wildman–Crippen LogP) is 1.37. The van der Waals surface area contributed by atoms with Gasteiger partial charge in [-0.2, -0.15) is 0 Å². The van der Waals surface area contributed by atoms with E-state index in [0.717, 1.165) is 13.0 Å². The van der Waals surface area contributed by atoms with Crippen LogP contribution in [0.15, 0.2) is 12.1 Å². The van der Waals surface area contributed by atoms with Crippen LogP contribution < -0.4 is 24.8 Å². The van der Waals surface area contributed by atoms with E-state index >= 15 is 0 Å². The van der Waals surface area contributed by atoms with Crippen molar-refractivity contribution in [2.75, 3.05) is 33.4 Å². The second-order valence-electron chi connectivity index (χ2n) is 5.21. The largest absolute Gasteiger partial charge is 0.493 e. The van der Waals surface area contributed by atoms with Crippen molar-refractivity contribution in [2.45, 2.75) is 18.9 Å². The highest BCUT2D eigenvalue weighted by Gasteiger charge is 2.21. The minimum absolute atomic E-state index is 0. The summed E-state index contributed by atoms with van der Waals surface area (Å²) >= 11 is 0. The Morgan fingerprint density at radius 2 is 2.23 bits per heavy atom. The van der Waals surface area contributed by atoms with Gasteiger partial charge in [-0.15, -0.1) is 12.4 Å². The number of amides is 1. The molecule has 1 fully saturated rings. The van der Waals surface area contributed by atoms with Gasteiger partial charge in [0.05, 0.1) is 7.11 Å². The lowest BCUT2D eigenvalue weighted by molar-refractivity contribution is 0.0948. The number of hydrogen-bond acceptors (Lipinski definition) is 5. The highest BCUT2D eigenvalue weighted by Crippen LogP contribution is 2.40. The molecule has 0 spiro atoms. The summed E-state index contributed by atoms with van der Waals surface area (Å²) in [7, 11) is 1.55. The van der Waals surface area contributed by atoms with Crippen LogP contribution >= 0.6 is 12.4 Å². The first kappa shape index (κ1) is 16.7. The molecule has 22 heavy (non-hydrogen) atoms. The molecule has 2 N–H and O–H groups in total. The molecule has 1 unspecified atom stereocenters. The Morgan fingerprint density at radius 1 is 1.41 bits per heavy atom. The van der Waals surface area contributed by atoms with Gasteiger partial charge in [0, 0.05) is 18.2 Å². The van der Waals surface area contributed by atoms with Gasteiger partial charge >= 0.3 is 0 Å². The van der Waals surface area contributed by atoms with E-state index in [1.54, 1.807) is 19.2 Å². The van der Waals surface area contributed by atoms with Gasteiger partial charge in [-0.1, -0.05) is 0 Å². The molecule has 1 aromatic carbocycles. The number of ether oxygens (including phenoxy) is 3. The lowest BCUT2D eigenvalue weighted by atomic mass is 10.1. The molecule has 1 amide bonds. The summed E-state index contributed by atoms with van der Waals surface area (Å²) in [6, 6.07) is 3.76. The second-order valence-corrected chi connectivity index (χ2v) is 5.21. The maximum Gasteiger partial charge on any atom is 0.251 e. The van der Waals surface area contributed by atoms with Crippen molar-refractivity contribution in [1.29, 1.82) is 0 Å². The third-order valence-corrected chi connectivity index (χ3v) is 3.76. The molecule has 0 radical (unpaired) electrons. The van der Waals surface area contributed by atoms with E-state index in [-0.39, 0.29) is 18.3 Å². The molecule has 122 valence electrons. The molecule has 6 nitrogen and oxygen atoms in total. The molecule has 0 bridgehead atoms. The van der Waals surface area contributed by atoms with Gasteiger partial charge in [0.2, 0.25) is 5.75 Å². The first-order valence-corrected chi connectivity index (χ1v) is 7.27. The SMILES string of the molecule is COc1cc(C(=O)NCC2CCCN2)cc2c1OCCO2.Cl. The number of hydrogen-bond donors (Lipinski definition) is 2. The number of rotatable bonds is 4. The Morgan fingerprint density at radius 3 is 2.95 bits per heavy atom. The van der Waals surface area contributed by atoms with Crippen LogP contribution in [-0.2, 0) is 0 Å². The minimum Gasteiger partial charge on any atom is -0.493 e. The van der Waals surface area contributed by atoms with Crippen LogP contribution in [0, 0.1) is 0 Å². The number of nitrogens with one attached hydrogen (secondary N) is 2. The average Bonchev–Trinajstić information content (AvgIpc) is 3.04. The zero-order valence-electron chi connectivity index (χ0n) is 12.5. The summed E-state index contributed by atoms with van der Waals surface area (Å²) < 4.78 is 16.4. The molecular weight excluding hydrogens is 308 g/mol. The molecule has 1 atom stereocenters. The van der Waals surface area contributed by atoms with Crippen LogP contribution in [0.4, 0.5) is 0 Å². The van der Waals surface area contributed by atoms with E-state index in [1.807, 2.05) is 0 Å². The number of carbonyl (C=O) groups is 1. The topological polar surface area (TPSA) is 68.8 Å². The first-order valence-electron chi connectivity index (χ1n) is 7.27. The molecule has 2 aliphatic heterocycles. The first-order chi connectivity index (χ1) is 10.3. The second kappa shape index (κ2) is 7.56. The van der Waals surface area contributed by atoms with Crippen molar-refractivity contribution in [3.05, 3.63) is 17.7 Å². The summed E-state index contributed by atoms with van der Waals surface area (Å²) in [6.45, 7) is 2.63. The maximum atomic E-state index is 12.3. The Kier molecular flexibility index (Phi) is 5.74. The van der Waals surface area contributed by atoms with Crippen molar-refractivity contribution in [2.24, 2.45) is 0 Å². The zero-order valence-corrected chi connectivity index (χ0v) is 13.3. The standard InChI is InChI=1S/C15H20N2O4.ClH/c1-19-12-7-10(8-13-14(12)21-6-5-20-13)15(18)17-9-11-3-2-4-16-11;/h7-8,11,16H,2-6,9H2,1H3,(H,17,18);1H. The quantitative estimate of drug-likeness (QED) is 0.873. The number of fused-ring (bicyclic) bond motifs is 1. The molecule has 0 aliphatic carbocycles. The third-order valence-electron chi connectivity index (χ3n) is 3.76. The van der Waals surface area contributed by atoms with Crippen LogP contribution in [-0.4, -0.2) is 45.4 Å². The van der Waals surface area contributed by atoms with Gasteiger partial charge in [-0.05, 0) is 31.5 Å². The predicted molar refractivity (Wildman–Crippen MR) is 84.6 cm³/mol. The number of carbonyl (C=O) groups excluding carboxylic acids is 1. The van der Waals surface area contributed by atoms with E-state index in [1.165, 1.54) is 6.42 Å². The van der Waals surface area contributed by atoms with Crippen LogP contribution in [0.25, 0.3) is 0 Å². The van der Waals surface area contributed by atoms with Gasteiger partial charge in [-0.25, -0.2) is 0 Å². The lowest BCUT2D eigenvalue weighted by Gasteiger charge is -2.21. The Bertz CT molecular complexity index is 515. The fourth-order valence-corrected chi connectivity index (χ4v) is 2.65. The highest BCUT2D eigenvalue weighted by molar-refractivity contribution is 5.95. The normalized spacial score (nSPS) is 19.2. The van der Waals surface area contributed by atoms with E-state index in [9.17, 15) is 4.79 Å². The van der Waals surface area contributed by atoms with Gasteiger partial charge in [0.1, 0.15) is 13.2 Å². The molecule has 0 aromatic heterocycles. The summed E-state index contributed by atoms with van der Waals surface area (Å²) in [4.78, 5) is 12.3. The smallest absolute Gasteiger partial charge is 0.251 e. The van der Waals surface area contributed by atoms with E-state index in [2.05, 4.69) is 10.6 Å². The van der Waals surface area contributed by atoms with Crippen molar-refractivity contribution < 1.29 is 19.0 Å². The van der Waals surface area contributed by atoms with Crippen molar-refractivity contribution >= 4 is 18.3 Å². The minimum atomic E-state index is -0.126. The maximum absolute atomic E-state index is 12.3. The third kappa shape index (κ3) is 3.56. The van der Waals surface area contributed by atoms with Crippen LogP contribution in [0.5, 0.6) is 17.2 Å². The zero-order chi connectivity index (χ0) is 14.7. The monoisotopic (exact) mass is 328 g/mol. The fourth-order valence-electron chi connectivity index (χ4n) is 2.65. The summed E-state index contributed by atoms with van der Waals surface area (Å²) in [5.74, 6) is 1.53. The number of benzene rings is 1. The van der Waals surface area contributed by atoms with Crippen molar-refractivity contribution in [3.8, 4) is 17.2 Å².